The summed E-state index contributed by atoms with van der Waals surface area (Å²) < 4.78 is 38.7. The number of aromatic nitrogens is 7. The number of carbonyl (C=O) groups is 2. The van der Waals surface area contributed by atoms with Crippen molar-refractivity contribution >= 4 is 17.7 Å². The fourth-order valence-electron chi connectivity index (χ4n) is 4.87. The lowest BCUT2D eigenvalue weighted by Gasteiger charge is -2.38. The fraction of sp³-hybridized carbons (Fsp3) is 0.393. The summed E-state index contributed by atoms with van der Waals surface area (Å²) in [5.74, 6) is -2.18. The Bertz CT molecular complexity index is 1610. The van der Waals surface area contributed by atoms with Crippen LogP contribution in [0.5, 0.6) is 0 Å². The maximum atomic E-state index is 15.2. The van der Waals surface area contributed by atoms with E-state index in [4.69, 9.17) is 4.74 Å². The molecule has 3 heterocycles. The summed E-state index contributed by atoms with van der Waals surface area (Å²) in [7, 11) is 0. The minimum Gasteiger partial charge on any atom is -0.431 e. The number of benzene rings is 2. The zero-order chi connectivity index (χ0) is 30.9. The maximum absolute atomic E-state index is 15.2. The zero-order valence-electron chi connectivity index (χ0n) is 24.1. The largest absolute Gasteiger partial charge is 0.431 e. The summed E-state index contributed by atoms with van der Waals surface area (Å²) in [6.07, 6.45) is 4.33. The standard InChI is InChI=1S/C28H32F2N9O4/c1-19(37-11-12-38(26(37)41)21-6-8-22(9-7-21)39-15-31-33-34-39)28(42,23-10-5-20(29)13-24(23)30)14-36-17-35(16-32-36)18-43-25(40)27(2,3)4/h5-10,13,15-17,19,42H,11-12,14,18H2,1-4H3/q+1/t19-,28-/m1/s1. The SMILES string of the molecule is C[C@@H](N1CCN(c2ccc(-n3cnnn3)cc2)C1=O)[C@](O)(Cn1c[n+](COC(=O)C(C)(C)C)cn1)c1ccc(F)cc1F. The topological polar surface area (TPSA) is 135 Å². The zero-order valence-corrected chi connectivity index (χ0v) is 24.1. The van der Waals surface area contributed by atoms with Crippen LogP contribution in [0.1, 0.15) is 33.3 Å². The molecule has 1 fully saturated rings. The minimum atomic E-state index is -2.03. The number of rotatable bonds is 9. The average molecular weight is 597 g/mol. The Balaban J connectivity index is 1.38. The summed E-state index contributed by atoms with van der Waals surface area (Å²) in [5.41, 5.74) is -1.60. The highest BCUT2D eigenvalue weighted by Gasteiger charge is 2.47. The van der Waals surface area contributed by atoms with E-state index in [2.05, 4.69) is 20.6 Å². The van der Waals surface area contributed by atoms with Gasteiger partial charge in [-0.1, -0.05) is 6.07 Å². The molecule has 0 bridgehead atoms. The molecule has 2 amide bonds. The van der Waals surface area contributed by atoms with Gasteiger partial charge >= 0.3 is 12.0 Å². The van der Waals surface area contributed by atoms with Gasteiger partial charge in [-0.05, 0) is 68.5 Å². The van der Waals surface area contributed by atoms with E-state index >= 15 is 4.39 Å². The third kappa shape index (κ3) is 6.07. The Morgan fingerprint density at radius 1 is 1.12 bits per heavy atom. The van der Waals surface area contributed by atoms with Crippen molar-refractivity contribution in [3.05, 3.63) is 78.6 Å². The van der Waals surface area contributed by atoms with Crippen molar-refractivity contribution in [3.63, 3.8) is 0 Å². The molecule has 13 nitrogen and oxygen atoms in total. The second kappa shape index (κ2) is 11.5. The van der Waals surface area contributed by atoms with Crippen molar-refractivity contribution in [2.24, 2.45) is 5.41 Å². The van der Waals surface area contributed by atoms with Crippen molar-refractivity contribution < 1.29 is 32.8 Å². The van der Waals surface area contributed by atoms with E-state index in [1.807, 2.05) is 0 Å². The van der Waals surface area contributed by atoms with Crippen LogP contribution in [-0.2, 0) is 28.4 Å². The molecule has 1 saturated heterocycles. The van der Waals surface area contributed by atoms with Crippen LogP contribution in [-0.4, -0.2) is 71.1 Å². The third-order valence-corrected chi connectivity index (χ3v) is 7.36. The molecule has 0 radical (unpaired) electrons. The monoisotopic (exact) mass is 596 g/mol. The molecule has 2 aromatic heterocycles. The normalized spacial score (nSPS) is 15.9. The lowest BCUT2D eigenvalue weighted by Crippen LogP contribution is -2.53. The third-order valence-electron chi connectivity index (χ3n) is 7.36. The number of carbonyl (C=O) groups excluding carboxylic acids is 2. The van der Waals surface area contributed by atoms with E-state index in [0.29, 0.717) is 24.0 Å². The summed E-state index contributed by atoms with van der Waals surface area (Å²) in [5, 5.41) is 27.5. The predicted molar refractivity (Wildman–Crippen MR) is 146 cm³/mol. The summed E-state index contributed by atoms with van der Waals surface area (Å²) >= 11 is 0. The molecule has 1 N–H and O–H groups in total. The first-order chi connectivity index (χ1) is 20.4. The molecule has 0 aliphatic carbocycles. The molecule has 15 heteroatoms. The van der Waals surface area contributed by atoms with E-state index in [9.17, 15) is 19.1 Å². The van der Waals surface area contributed by atoms with Crippen molar-refractivity contribution in [2.45, 2.75) is 52.6 Å². The molecule has 1 aliphatic rings. The Labute approximate surface area is 245 Å². The molecule has 0 saturated carbocycles. The molecule has 2 atom stereocenters. The maximum Gasteiger partial charge on any atom is 0.324 e. The van der Waals surface area contributed by atoms with Gasteiger partial charge in [-0.15, -0.1) is 9.78 Å². The number of halogens is 2. The van der Waals surface area contributed by atoms with Gasteiger partial charge in [-0.25, -0.2) is 22.8 Å². The van der Waals surface area contributed by atoms with E-state index in [-0.39, 0.29) is 25.4 Å². The highest BCUT2D eigenvalue weighted by molar-refractivity contribution is 5.94. The number of aliphatic hydroxyl groups is 1. The van der Waals surface area contributed by atoms with Crippen molar-refractivity contribution in [1.82, 2.24) is 34.9 Å². The van der Waals surface area contributed by atoms with Gasteiger partial charge in [0, 0.05) is 35.5 Å². The van der Waals surface area contributed by atoms with Crippen LogP contribution in [0.4, 0.5) is 19.3 Å². The lowest BCUT2D eigenvalue weighted by molar-refractivity contribution is -0.728. The molecular formula is C28H32F2N9O4+. The van der Waals surface area contributed by atoms with E-state index in [1.54, 1.807) is 56.9 Å². The second-order valence-corrected chi connectivity index (χ2v) is 11.4. The van der Waals surface area contributed by atoms with Crippen LogP contribution in [0.15, 0.2) is 61.4 Å². The summed E-state index contributed by atoms with van der Waals surface area (Å²) in [6.45, 7) is 6.94. The van der Waals surface area contributed by atoms with Crippen molar-refractivity contribution in [1.29, 1.82) is 0 Å². The predicted octanol–water partition coefficient (Wildman–Crippen LogP) is 2.19. The van der Waals surface area contributed by atoms with E-state index < -0.39 is 40.7 Å². The smallest absolute Gasteiger partial charge is 0.324 e. The summed E-state index contributed by atoms with van der Waals surface area (Å²) in [6, 6.07) is 8.58. The van der Waals surface area contributed by atoms with Gasteiger partial charge in [-0.2, -0.15) is 0 Å². The number of anilines is 1. The molecule has 0 spiro atoms. The average Bonchev–Trinajstić information content (AvgIpc) is 3.73. The molecule has 0 unspecified atom stereocenters. The van der Waals surface area contributed by atoms with Gasteiger partial charge in [0.15, 0.2) is 0 Å². The summed E-state index contributed by atoms with van der Waals surface area (Å²) in [4.78, 5) is 28.8. The van der Waals surface area contributed by atoms with Gasteiger partial charge < -0.3 is 14.7 Å². The van der Waals surface area contributed by atoms with Crippen molar-refractivity contribution in [3.8, 4) is 5.69 Å². The van der Waals surface area contributed by atoms with Gasteiger partial charge in [0.25, 0.3) is 6.33 Å². The number of tetrazole rings is 1. The number of hydrogen-bond acceptors (Lipinski definition) is 8. The molecular weight excluding hydrogens is 564 g/mol. The molecule has 43 heavy (non-hydrogen) atoms. The Morgan fingerprint density at radius 2 is 1.84 bits per heavy atom. The Kier molecular flexibility index (Phi) is 7.92. The highest BCUT2D eigenvalue weighted by Crippen LogP contribution is 2.35. The van der Waals surface area contributed by atoms with Gasteiger partial charge in [0.2, 0.25) is 13.1 Å². The number of esters is 1. The number of nitrogens with zero attached hydrogens (tertiary/aromatic N) is 9. The van der Waals surface area contributed by atoms with Crippen LogP contribution >= 0.6 is 0 Å². The van der Waals surface area contributed by atoms with E-state index in [1.165, 1.54) is 43.9 Å². The van der Waals surface area contributed by atoms with Crippen LogP contribution < -0.4 is 9.47 Å². The van der Waals surface area contributed by atoms with Gasteiger partial charge in [0.05, 0.1) is 17.1 Å². The number of hydrogen-bond donors (Lipinski definition) is 1. The number of amides is 2. The molecule has 226 valence electrons. The quantitative estimate of drug-likeness (QED) is 0.230. The molecule has 5 rings (SSSR count). The van der Waals surface area contributed by atoms with Crippen LogP contribution in [0.3, 0.4) is 0 Å². The lowest BCUT2D eigenvalue weighted by atomic mass is 9.85. The molecule has 2 aromatic carbocycles. The van der Waals surface area contributed by atoms with Crippen molar-refractivity contribution in [2.75, 3.05) is 18.0 Å². The first kappa shape index (κ1) is 29.7. The molecule has 4 aromatic rings. The van der Waals surface area contributed by atoms with Gasteiger partial charge in [0.1, 0.15) is 30.1 Å². The van der Waals surface area contributed by atoms with Crippen LogP contribution in [0.25, 0.3) is 5.69 Å². The van der Waals surface area contributed by atoms with Crippen LogP contribution in [0, 0.1) is 17.0 Å². The van der Waals surface area contributed by atoms with Gasteiger partial charge in [-0.3, -0.25) is 9.69 Å². The number of urea groups is 1. The van der Waals surface area contributed by atoms with Crippen LogP contribution in [0.2, 0.25) is 0 Å². The fourth-order valence-corrected chi connectivity index (χ4v) is 4.87. The number of ether oxygens (including phenoxy) is 1. The van der Waals surface area contributed by atoms with E-state index in [0.717, 1.165) is 6.07 Å². The minimum absolute atomic E-state index is 0.124. The second-order valence-electron chi connectivity index (χ2n) is 11.4. The first-order valence-electron chi connectivity index (χ1n) is 13.5. The molecule has 1 aliphatic heterocycles. The highest BCUT2D eigenvalue weighted by atomic mass is 19.1. The Morgan fingerprint density at radius 3 is 2.49 bits per heavy atom. The Hall–Kier alpha value is -4.79. The first-order valence-corrected chi connectivity index (χ1v) is 13.5.